The molecule has 0 aliphatic carbocycles. The molecule has 3 heterocycles. The number of piperidine rings is 1. The predicted molar refractivity (Wildman–Crippen MR) is 107 cm³/mol. The Hall–Kier alpha value is -2.81. The maximum atomic E-state index is 13.1. The smallest absolute Gasteiger partial charge is 0.252 e. The molecule has 1 fully saturated rings. The van der Waals surface area contributed by atoms with E-state index >= 15 is 0 Å². The zero-order valence-electron chi connectivity index (χ0n) is 16.4. The van der Waals surface area contributed by atoms with E-state index in [4.69, 9.17) is 0 Å². The third kappa shape index (κ3) is 3.74. The molecular formula is C20H23N5O3S. The lowest BCUT2D eigenvalue weighted by atomic mass is 9.92. The van der Waals surface area contributed by atoms with Crippen LogP contribution in [-0.2, 0) is 14.6 Å². The number of hydrogen-bond donors (Lipinski definition) is 0. The number of nitrogens with zero attached hydrogens (tertiary/aromatic N) is 5. The number of likely N-dealkylation sites (tertiary alicyclic amines) is 1. The molecular weight excluding hydrogens is 390 g/mol. The highest BCUT2D eigenvalue weighted by Gasteiger charge is 2.32. The van der Waals surface area contributed by atoms with Crippen LogP contribution in [-0.4, -0.2) is 58.2 Å². The van der Waals surface area contributed by atoms with Gasteiger partial charge in [0.05, 0.1) is 17.8 Å². The third-order valence-corrected chi connectivity index (χ3v) is 6.61. The number of aromatic nitrogens is 4. The van der Waals surface area contributed by atoms with E-state index in [1.807, 2.05) is 42.2 Å². The molecule has 0 saturated carbocycles. The number of carbonyl (C=O) groups is 1. The average Bonchev–Trinajstić information content (AvgIpc) is 3.21. The highest BCUT2D eigenvalue weighted by molar-refractivity contribution is 7.90. The highest BCUT2D eigenvalue weighted by atomic mass is 32.2. The number of rotatable bonds is 4. The van der Waals surface area contributed by atoms with Crippen LogP contribution in [0.3, 0.4) is 0 Å². The quantitative estimate of drug-likeness (QED) is 0.649. The van der Waals surface area contributed by atoms with Crippen molar-refractivity contribution in [3.63, 3.8) is 0 Å². The van der Waals surface area contributed by atoms with Crippen LogP contribution in [0.4, 0.5) is 0 Å². The second-order valence-electron chi connectivity index (χ2n) is 7.51. The summed E-state index contributed by atoms with van der Waals surface area (Å²) in [4.78, 5) is 23.3. The number of amides is 1. The lowest BCUT2D eigenvalue weighted by molar-refractivity contribution is -0.133. The number of benzene rings is 1. The Morgan fingerprint density at radius 2 is 1.97 bits per heavy atom. The average molecular weight is 414 g/mol. The molecule has 152 valence electrons. The van der Waals surface area contributed by atoms with Gasteiger partial charge in [0.25, 0.3) is 5.78 Å². The summed E-state index contributed by atoms with van der Waals surface area (Å²) in [5.74, 6) is -0.0139. The van der Waals surface area contributed by atoms with Crippen molar-refractivity contribution in [2.24, 2.45) is 0 Å². The van der Waals surface area contributed by atoms with Gasteiger partial charge in [0, 0.05) is 25.3 Å². The van der Waals surface area contributed by atoms with Crippen LogP contribution < -0.4 is 0 Å². The van der Waals surface area contributed by atoms with Crippen molar-refractivity contribution >= 4 is 21.5 Å². The van der Waals surface area contributed by atoms with Gasteiger partial charge in [0.2, 0.25) is 5.91 Å². The van der Waals surface area contributed by atoms with Gasteiger partial charge in [0.1, 0.15) is 11.2 Å². The lowest BCUT2D eigenvalue weighted by Gasteiger charge is -2.35. The molecule has 3 aromatic rings. The van der Waals surface area contributed by atoms with E-state index in [-0.39, 0.29) is 22.6 Å². The molecule has 1 amide bonds. The van der Waals surface area contributed by atoms with E-state index in [1.165, 1.54) is 23.3 Å². The van der Waals surface area contributed by atoms with Crippen molar-refractivity contribution in [2.45, 2.75) is 36.5 Å². The zero-order chi connectivity index (χ0) is 20.6. The van der Waals surface area contributed by atoms with Gasteiger partial charge in [-0.3, -0.25) is 4.79 Å². The van der Waals surface area contributed by atoms with Crippen molar-refractivity contribution in [3.8, 4) is 0 Å². The molecule has 4 rings (SSSR count). The number of sulfone groups is 1. The maximum Gasteiger partial charge on any atom is 0.252 e. The van der Waals surface area contributed by atoms with Gasteiger partial charge in [-0.25, -0.2) is 13.4 Å². The Morgan fingerprint density at radius 3 is 2.69 bits per heavy atom. The largest absolute Gasteiger partial charge is 0.342 e. The van der Waals surface area contributed by atoms with E-state index in [0.717, 1.165) is 18.4 Å². The molecule has 2 atom stereocenters. The minimum atomic E-state index is -3.50. The van der Waals surface area contributed by atoms with Gasteiger partial charge in [0.15, 0.2) is 9.84 Å². The number of fused-ring (bicyclic) bond motifs is 1. The summed E-state index contributed by atoms with van der Waals surface area (Å²) in [7, 11) is -3.50. The summed E-state index contributed by atoms with van der Waals surface area (Å²) in [5.41, 5.74) is 1.53. The van der Waals surface area contributed by atoms with E-state index < -0.39 is 9.84 Å². The first-order valence-corrected chi connectivity index (χ1v) is 11.5. The number of carbonyl (C=O) groups excluding carboxylic acids is 1. The molecule has 0 bridgehead atoms. The summed E-state index contributed by atoms with van der Waals surface area (Å²) >= 11 is 0. The Morgan fingerprint density at radius 1 is 1.21 bits per heavy atom. The van der Waals surface area contributed by atoms with Gasteiger partial charge in [-0.2, -0.15) is 14.6 Å². The van der Waals surface area contributed by atoms with Crippen LogP contribution in [0.2, 0.25) is 0 Å². The molecule has 8 nitrogen and oxygen atoms in total. The minimum Gasteiger partial charge on any atom is -0.342 e. The summed E-state index contributed by atoms with van der Waals surface area (Å²) in [6.45, 7) is 3.01. The number of hydrogen-bond acceptors (Lipinski definition) is 6. The Bertz CT molecular complexity index is 1140. The summed E-state index contributed by atoms with van der Waals surface area (Å²) in [5, 5.41) is 4.20. The fourth-order valence-electron chi connectivity index (χ4n) is 4.00. The molecule has 1 saturated heterocycles. The van der Waals surface area contributed by atoms with Gasteiger partial charge < -0.3 is 4.90 Å². The molecule has 0 unspecified atom stereocenters. The fourth-order valence-corrected chi connectivity index (χ4v) is 4.88. The molecule has 0 radical (unpaired) electrons. The van der Waals surface area contributed by atoms with E-state index in [2.05, 4.69) is 15.1 Å². The van der Waals surface area contributed by atoms with E-state index in [0.29, 0.717) is 24.6 Å². The van der Waals surface area contributed by atoms with Gasteiger partial charge in [-0.1, -0.05) is 30.3 Å². The summed E-state index contributed by atoms with van der Waals surface area (Å²) < 4.78 is 26.3. The Balaban J connectivity index is 1.67. The molecule has 0 spiro atoms. The van der Waals surface area contributed by atoms with Crippen molar-refractivity contribution < 1.29 is 13.2 Å². The summed E-state index contributed by atoms with van der Waals surface area (Å²) in [6.07, 6.45) is 5.44. The van der Waals surface area contributed by atoms with Crippen LogP contribution in [0.1, 0.15) is 42.9 Å². The fraction of sp³-hybridized carbons (Fsp3) is 0.400. The lowest BCUT2D eigenvalue weighted by Crippen LogP contribution is -2.41. The summed E-state index contributed by atoms with van der Waals surface area (Å²) in [6, 6.07) is 9.68. The zero-order valence-corrected chi connectivity index (χ0v) is 17.2. The van der Waals surface area contributed by atoms with Crippen molar-refractivity contribution in [3.05, 3.63) is 54.1 Å². The Labute approximate surface area is 169 Å². The van der Waals surface area contributed by atoms with Crippen LogP contribution in [0.25, 0.3) is 5.78 Å². The Kier molecular flexibility index (Phi) is 5.08. The topological polar surface area (TPSA) is 97.5 Å². The SMILES string of the molecule is C[C@H](C(=O)N1CCC[C@H](c2c(S(C)(=O)=O)cnc3ncnn23)C1)c1ccccc1. The maximum absolute atomic E-state index is 13.1. The minimum absolute atomic E-state index is 0.0469. The third-order valence-electron chi connectivity index (χ3n) is 5.50. The first kappa shape index (κ1) is 19.5. The van der Waals surface area contributed by atoms with Crippen molar-refractivity contribution in [1.29, 1.82) is 0 Å². The second-order valence-corrected chi connectivity index (χ2v) is 9.49. The first-order valence-electron chi connectivity index (χ1n) is 9.58. The normalized spacial score (nSPS) is 18.7. The van der Waals surface area contributed by atoms with E-state index in [1.54, 1.807) is 0 Å². The van der Waals surface area contributed by atoms with Crippen molar-refractivity contribution in [2.75, 3.05) is 19.3 Å². The predicted octanol–water partition coefficient (Wildman–Crippen LogP) is 2.04. The van der Waals surface area contributed by atoms with Crippen LogP contribution >= 0.6 is 0 Å². The van der Waals surface area contributed by atoms with Gasteiger partial charge >= 0.3 is 0 Å². The standard InChI is InChI=1S/C20H23N5O3S/c1-14(15-7-4-3-5-8-15)19(26)24-10-6-9-16(12-24)18-17(29(2,27)28)11-21-20-22-13-23-25(18)20/h3-5,7-8,11,13-14,16H,6,9-10,12H2,1-2H3/t14-,16-/m0/s1. The molecule has 1 aliphatic rings. The molecule has 29 heavy (non-hydrogen) atoms. The van der Waals surface area contributed by atoms with Crippen LogP contribution in [0.15, 0.2) is 47.8 Å². The van der Waals surface area contributed by atoms with Crippen LogP contribution in [0, 0.1) is 0 Å². The molecule has 0 N–H and O–H groups in total. The highest BCUT2D eigenvalue weighted by Crippen LogP contribution is 2.32. The molecule has 2 aromatic heterocycles. The molecule has 1 aliphatic heterocycles. The van der Waals surface area contributed by atoms with Crippen LogP contribution in [0.5, 0.6) is 0 Å². The van der Waals surface area contributed by atoms with Crippen molar-refractivity contribution in [1.82, 2.24) is 24.5 Å². The van der Waals surface area contributed by atoms with Gasteiger partial charge in [-0.05, 0) is 25.3 Å². The van der Waals surface area contributed by atoms with E-state index in [9.17, 15) is 13.2 Å². The monoisotopic (exact) mass is 413 g/mol. The second kappa shape index (κ2) is 7.55. The van der Waals surface area contributed by atoms with Gasteiger partial charge in [-0.15, -0.1) is 0 Å². The first-order chi connectivity index (χ1) is 13.9. The molecule has 1 aromatic carbocycles. The molecule has 9 heteroatoms.